The van der Waals surface area contributed by atoms with E-state index in [0.717, 1.165) is 6.42 Å². The van der Waals surface area contributed by atoms with Crippen molar-refractivity contribution in [2.45, 2.75) is 58.2 Å². The Balaban J connectivity index is 1.62. The lowest BCUT2D eigenvalue weighted by Gasteiger charge is -2.10. The van der Waals surface area contributed by atoms with Gasteiger partial charge in [0.05, 0.1) is 6.54 Å². The van der Waals surface area contributed by atoms with E-state index < -0.39 is 0 Å². The fourth-order valence-corrected chi connectivity index (χ4v) is 1.65. The van der Waals surface area contributed by atoms with Gasteiger partial charge < -0.3 is 20.4 Å². The first-order chi connectivity index (χ1) is 9.67. The minimum atomic E-state index is 0.0296. The van der Waals surface area contributed by atoms with Crippen LogP contribution < -0.4 is 16.0 Å². The summed E-state index contributed by atoms with van der Waals surface area (Å²) in [6.45, 7) is 5.12. The molecule has 1 amide bonds. The standard InChI is InChI=1S/C13H23N5O2/c1-3-9(2)16-11(19)6-7-14-13-18-17-12(20-13)8-15-10-4-5-10/h9-10,15H,3-8H2,1-2H3,(H,14,18)(H,16,19). The highest BCUT2D eigenvalue weighted by molar-refractivity contribution is 5.76. The van der Waals surface area contributed by atoms with Gasteiger partial charge in [-0.1, -0.05) is 12.0 Å². The van der Waals surface area contributed by atoms with Gasteiger partial charge >= 0.3 is 6.01 Å². The summed E-state index contributed by atoms with van der Waals surface area (Å²) in [6.07, 6.45) is 3.78. The Labute approximate surface area is 118 Å². The number of anilines is 1. The third kappa shape index (κ3) is 5.16. The molecule has 1 saturated carbocycles. The highest BCUT2D eigenvalue weighted by Gasteiger charge is 2.21. The maximum atomic E-state index is 11.6. The van der Waals surface area contributed by atoms with E-state index in [1.807, 2.05) is 13.8 Å². The molecule has 0 aliphatic heterocycles. The van der Waals surface area contributed by atoms with Crippen LogP contribution in [-0.4, -0.2) is 34.7 Å². The Morgan fingerprint density at radius 3 is 2.95 bits per heavy atom. The Morgan fingerprint density at radius 2 is 2.25 bits per heavy atom. The molecule has 0 aromatic carbocycles. The third-order valence-corrected chi connectivity index (χ3v) is 3.23. The number of nitrogens with one attached hydrogen (secondary N) is 3. The van der Waals surface area contributed by atoms with E-state index in [1.54, 1.807) is 0 Å². The molecule has 7 nitrogen and oxygen atoms in total. The Kier molecular flexibility index (Phi) is 5.34. The zero-order valence-corrected chi connectivity index (χ0v) is 12.1. The Morgan fingerprint density at radius 1 is 1.45 bits per heavy atom. The summed E-state index contributed by atoms with van der Waals surface area (Å²) in [5.74, 6) is 0.602. The maximum Gasteiger partial charge on any atom is 0.315 e. The fraction of sp³-hybridized carbons (Fsp3) is 0.769. The molecular formula is C13H23N5O2. The molecule has 3 N–H and O–H groups in total. The largest absolute Gasteiger partial charge is 0.407 e. The first kappa shape index (κ1) is 14.8. The molecule has 7 heteroatoms. The quantitative estimate of drug-likeness (QED) is 0.626. The number of rotatable bonds is 9. The van der Waals surface area contributed by atoms with E-state index in [9.17, 15) is 4.79 Å². The van der Waals surface area contributed by atoms with E-state index in [0.29, 0.717) is 37.5 Å². The fourth-order valence-electron chi connectivity index (χ4n) is 1.65. The van der Waals surface area contributed by atoms with Crippen LogP contribution in [-0.2, 0) is 11.3 Å². The molecular weight excluding hydrogens is 258 g/mol. The first-order valence-corrected chi connectivity index (χ1v) is 7.26. The molecule has 1 fully saturated rings. The summed E-state index contributed by atoms with van der Waals surface area (Å²) < 4.78 is 5.42. The van der Waals surface area contributed by atoms with E-state index >= 15 is 0 Å². The van der Waals surface area contributed by atoms with Crippen molar-refractivity contribution < 1.29 is 9.21 Å². The predicted octanol–water partition coefficient (Wildman–Crippen LogP) is 1.04. The van der Waals surface area contributed by atoms with Crippen molar-refractivity contribution in [2.24, 2.45) is 0 Å². The average Bonchev–Trinajstić information content (AvgIpc) is 3.16. The van der Waals surface area contributed by atoms with Gasteiger partial charge in [-0.15, -0.1) is 5.10 Å². The van der Waals surface area contributed by atoms with Gasteiger partial charge in [0.15, 0.2) is 0 Å². The van der Waals surface area contributed by atoms with Gasteiger partial charge in [0.1, 0.15) is 0 Å². The predicted molar refractivity (Wildman–Crippen MR) is 75.2 cm³/mol. The van der Waals surface area contributed by atoms with Gasteiger partial charge in [0, 0.05) is 25.0 Å². The molecule has 0 radical (unpaired) electrons. The van der Waals surface area contributed by atoms with Gasteiger partial charge in [-0.3, -0.25) is 4.79 Å². The SMILES string of the molecule is CCC(C)NC(=O)CCNc1nnc(CNC2CC2)o1. The molecule has 1 aromatic rings. The molecule has 0 saturated heterocycles. The third-order valence-electron chi connectivity index (χ3n) is 3.23. The normalized spacial score (nSPS) is 15.9. The van der Waals surface area contributed by atoms with Crippen LogP contribution in [0.5, 0.6) is 0 Å². The molecule has 1 atom stereocenters. The molecule has 0 bridgehead atoms. The summed E-state index contributed by atoms with van der Waals surface area (Å²) in [6, 6.07) is 1.20. The number of amides is 1. The minimum Gasteiger partial charge on any atom is -0.407 e. The number of hydrogen-bond acceptors (Lipinski definition) is 6. The van der Waals surface area contributed by atoms with Crippen molar-refractivity contribution in [1.82, 2.24) is 20.8 Å². The summed E-state index contributed by atoms with van der Waals surface area (Å²) in [5.41, 5.74) is 0. The van der Waals surface area contributed by atoms with Crippen molar-refractivity contribution in [3.8, 4) is 0 Å². The van der Waals surface area contributed by atoms with Gasteiger partial charge in [-0.05, 0) is 26.2 Å². The summed E-state index contributed by atoms with van der Waals surface area (Å²) in [5, 5.41) is 17.0. The van der Waals surface area contributed by atoms with E-state index in [-0.39, 0.29) is 11.9 Å². The molecule has 2 rings (SSSR count). The molecule has 1 aliphatic carbocycles. The lowest BCUT2D eigenvalue weighted by Crippen LogP contribution is -2.32. The van der Waals surface area contributed by atoms with Crippen LogP contribution in [0.2, 0.25) is 0 Å². The molecule has 1 aromatic heterocycles. The van der Waals surface area contributed by atoms with Gasteiger partial charge in [0.25, 0.3) is 0 Å². The summed E-state index contributed by atoms with van der Waals surface area (Å²) in [7, 11) is 0. The first-order valence-electron chi connectivity index (χ1n) is 7.26. The maximum absolute atomic E-state index is 11.6. The topological polar surface area (TPSA) is 92.1 Å². The number of carbonyl (C=O) groups is 1. The van der Waals surface area contributed by atoms with Crippen molar-refractivity contribution >= 4 is 11.9 Å². The molecule has 1 heterocycles. The zero-order valence-electron chi connectivity index (χ0n) is 12.1. The van der Waals surface area contributed by atoms with Crippen LogP contribution in [0, 0.1) is 0 Å². The minimum absolute atomic E-state index is 0.0296. The summed E-state index contributed by atoms with van der Waals surface area (Å²) >= 11 is 0. The van der Waals surface area contributed by atoms with Crippen molar-refractivity contribution in [2.75, 3.05) is 11.9 Å². The Hall–Kier alpha value is -1.63. The lowest BCUT2D eigenvalue weighted by atomic mass is 10.2. The van der Waals surface area contributed by atoms with E-state index in [1.165, 1.54) is 12.8 Å². The monoisotopic (exact) mass is 281 g/mol. The van der Waals surface area contributed by atoms with Crippen molar-refractivity contribution in [3.05, 3.63) is 5.89 Å². The average molecular weight is 281 g/mol. The van der Waals surface area contributed by atoms with Gasteiger partial charge in [0.2, 0.25) is 11.8 Å². The van der Waals surface area contributed by atoms with Crippen LogP contribution >= 0.6 is 0 Å². The molecule has 0 spiro atoms. The van der Waals surface area contributed by atoms with Gasteiger partial charge in [-0.2, -0.15) is 0 Å². The smallest absolute Gasteiger partial charge is 0.315 e. The van der Waals surface area contributed by atoms with Crippen LogP contribution in [0.4, 0.5) is 6.01 Å². The molecule has 20 heavy (non-hydrogen) atoms. The molecule has 1 unspecified atom stereocenters. The number of hydrogen-bond donors (Lipinski definition) is 3. The second-order valence-electron chi connectivity index (χ2n) is 5.21. The molecule has 112 valence electrons. The number of nitrogens with zero attached hydrogens (tertiary/aromatic N) is 2. The summed E-state index contributed by atoms with van der Waals surface area (Å²) in [4.78, 5) is 11.6. The zero-order chi connectivity index (χ0) is 14.4. The van der Waals surface area contributed by atoms with Crippen LogP contribution in [0.15, 0.2) is 4.42 Å². The van der Waals surface area contributed by atoms with E-state index in [2.05, 4.69) is 26.1 Å². The highest BCUT2D eigenvalue weighted by Crippen LogP contribution is 2.19. The highest BCUT2D eigenvalue weighted by atomic mass is 16.4. The second-order valence-corrected chi connectivity index (χ2v) is 5.21. The lowest BCUT2D eigenvalue weighted by molar-refractivity contribution is -0.121. The Bertz CT molecular complexity index is 430. The van der Waals surface area contributed by atoms with E-state index in [4.69, 9.17) is 4.42 Å². The van der Waals surface area contributed by atoms with Crippen LogP contribution in [0.3, 0.4) is 0 Å². The van der Waals surface area contributed by atoms with Crippen LogP contribution in [0.1, 0.15) is 45.4 Å². The van der Waals surface area contributed by atoms with Crippen LogP contribution in [0.25, 0.3) is 0 Å². The van der Waals surface area contributed by atoms with Crippen molar-refractivity contribution in [3.63, 3.8) is 0 Å². The van der Waals surface area contributed by atoms with Crippen molar-refractivity contribution in [1.29, 1.82) is 0 Å². The number of aromatic nitrogens is 2. The van der Waals surface area contributed by atoms with Gasteiger partial charge in [-0.25, -0.2) is 0 Å². The molecule has 1 aliphatic rings. The number of carbonyl (C=O) groups excluding carboxylic acids is 1. The second kappa shape index (κ2) is 7.23.